The summed E-state index contributed by atoms with van der Waals surface area (Å²) in [6.45, 7) is 0.589. The number of nitrogens with one attached hydrogen (secondary N) is 2. The summed E-state index contributed by atoms with van der Waals surface area (Å²) < 4.78 is 13.0. The minimum Gasteiger partial charge on any atom is -0.324 e. The molecule has 134 valence electrons. The van der Waals surface area contributed by atoms with Crippen molar-refractivity contribution >= 4 is 23.2 Å². The molecule has 0 saturated heterocycles. The smallest absolute Gasteiger partial charge is 0.257 e. The summed E-state index contributed by atoms with van der Waals surface area (Å²) in [5, 5.41) is 13.9. The third-order valence-electron chi connectivity index (χ3n) is 3.57. The van der Waals surface area contributed by atoms with Crippen LogP contribution >= 0.6 is 0 Å². The predicted molar refractivity (Wildman–Crippen MR) is 97.2 cm³/mol. The van der Waals surface area contributed by atoms with Gasteiger partial charge in [0.15, 0.2) is 0 Å². The van der Waals surface area contributed by atoms with E-state index in [-0.39, 0.29) is 12.5 Å². The Labute approximate surface area is 151 Å². The minimum atomic E-state index is -0.412. The zero-order valence-electron chi connectivity index (χ0n) is 14.3. The highest BCUT2D eigenvalue weighted by atomic mass is 19.1. The molecule has 0 radical (unpaired) electrons. The monoisotopic (exact) mass is 354 g/mol. The van der Waals surface area contributed by atoms with Gasteiger partial charge in [-0.05, 0) is 43.4 Å². The Kier molecular flexibility index (Phi) is 6.83. The van der Waals surface area contributed by atoms with E-state index in [0.717, 1.165) is 0 Å². The predicted octanol–water partition coefficient (Wildman–Crippen LogP) is 2.86. The van der Waals surface area contributed by atoms with E-state index in [4.69, 9.17) is 5.26 Å². The fraction of sp³-hybridized carbons (Fsp3) is 0.211. The lowest BCUT2D eigenvalue weighted by molar-refractivity contribution is -0.117. The largest absolute Gasteiger partial charge is 0.324 e. The molecule has 7 heteroatoms. The fourth-order valence-corrected chi connectivity index (χ4v) is 2.28. The van der Waals surface area contributed by atoms with Crippen LogP contribution in [0.15, 0.2) is 48.5 Å². The van der Waals surface area contributed by atoms with Crippen molar-refractivity contribution in [2.24, 2.45) is 0 Å². The molecular weight excluding hydrogens is 335 g/mol. The summed E-state index contributed by atoms with van der Waals surface area (Å²) >= 11 is 0. The highest BCUT2D eigenvalue weighted by Crippen LogP contribution is 2.18. The third-order valence-corrected chi connectivity index (χ3v) is 3.57. The molecule has 6 nitrogen and oxygen atoms in total. The summed E-state index contributed by atoms with van der Waals surface area (Å²) in [5.74, 6) is -1.09. The quantitative estimate of drug-likeness (QED) is 0.801. The average Bonchev–Trinajstić information content (AvgIpc) is 2.62. The van der Waals surface area contributed by atoms with Gasteiger partial charge in [-0.3, -0.25) is 14.5 Å². The number of carbonyl (C=O) groups excluding carboxylic acids is 2. The van der Waals surface area contributed by atoms with Crippen molar-refractivity contribution in [3.05, 3.63) is 59.9 Å². The molecule has 26 heavy (non-hydrogen) atoms. The Morgan fingerprint density at radius 3 is 2.50 bits per heavy atom. The molecule has 0 atom stereocenters. The van der Waals surface area contributed by atoms with E-state index >= 15 is 0 Å². The van der Waals surface area contributed by atoms with Crippen molar-refractivity contribution in [1.29, 1.82) is 5.26 Å². The first kappa shape index (κ1) is 19.1. The molecule has 2 aromatic carbocycles. The first-order chi connectivity index (χ1) is 12.5. The molecule has 0 saturated carbocycles. The first-order valence-corrected chi connectivity index (χ1v) is 8.01. The van der Waals surface area contributed by atoms with Crippen LogP contribution in [-0.2, 0) is 4.79 Å². The highest BCUT2D eigenvalue weighted by molar-refractivity contribution is 6.10. The van der Waals surface area contributed by atoms with Crippen LogP contribution in [0.5, 0.6) is 0 Å². The standard InChI is InChI=1S/C19H19FN4O2/c1-24(12-4-11-21)13-18(25)23-17-6-3-2-5-16(17)19(26)22-15-9-7-14(20)8-10-15/h2-3,5-10H,4,12-13H2,1H3,(H,22,26)(H,23,25). The van der Waals surface area contributed by atoms with Gasteiger partial charge in [0, 0.05) is 18.7 Å². The van der Waals surface area contributed by atoms with Crippen molar-refractivity contribution in [2.75, 3.05) is 30.8 Å². The van der Waals surface area contributed by atoms with E-state index in [9.17, 15) is 14.0 Å². The number of anilines is 2. The van der Waals surface area contributed by atoms with Crippen LogP contribution in [0.25, 0.3) is 0 Å². The van der Waals surface area contributed by atoms with Crippen molar-refractivity contribution in [2.45, 2.75) is 6.42 Å². The third kappa shape index (κ3) is 5.69. The summed E-state index contributed by atoms with van der Waals surface area (Å²) in [4.78, 5) is 26.3. The molecule has 2 amide bonds. The Morgan fingerprint density at radius 1 is 1.12 bits per heavy atom. The Balaban J connectivity index is 2.04. The zero-order chi connectivity index (χ0) is 18.9. The van der Waals surface area contributed by atoms with Gasteiger partial charge in [0.25, 0.3) is 5.91 Å². The van der Waals surface area contributed by atoms with Crippen LogP contribution in [0, 0.1) is 17.1 Å². The summed E-state index contributed by atoms with van der Waals surface area (Å²) in [6, 6.07) is 14.1. The van der Waals surface area contributed by atoms with E-state index < -0.39 is 11.7 Å². The molecule has 0 spiro atoms. The summed E-state index contributed by atoms with van der Waals surface area (Å²) in [7, 11) is 1.74. The molecule has 0 heterocycles. The van der Waals surface area contributed by atoms with E-state index in [0.29, 0.717) is 29.9 Å². The maximum Gasteiger partial charge on any atom is 0.257 e. The van der Waals surface area contributed by atoms with Crippen LogP contribution in [0.1, 0.15) is 16.8 Å². The number of hydrogen-bond acceptors (Lipinski definition) is 4. The van der Waals surface area contributed by atoms with Crippen LogP contribution < -0.4 is 10.6 Å². The lowest BCUT2D eigenvalue weighted by Crippen LogP contribution is -2.31. The van der Waals surface area contributed by atoms with Crippen molar-refractivity contribution in [1.82, 2.24) is 4.90 Å². The highest BCUT2D eigenvalue weighted by Gasteiger charge is 2.14. The van der Waals surface area contributed by atoms with Gasteiger partial charge < -0.3 is 10.6 Å². The van der Waals surface area contributed by atoms with E-state index in [1.165, 1.54) is 24.3 Å². The summed E-state index contributed by atoms with van der Waals surface area (Å²) in [6.07, 6.45) is 0.334. The second kappa shape index (κ2) is 9.30. The van der Waals surface area contributed by atoms with E-state index in [1.807, 2.05) is 6.07 Å². The first-order valence-electron chi connectivity index (χ1n) is 8.01. The molecule has 2 N–H and O–H groups in total. The van der Waals surface area contributed by atoms with Gasteiger partial charge in [0.2, 0.25) is 5.91 Å². The Morgan fingerprint density at radius 2 is 1.81 bits per heavy atom. The van der Waals surface area contributed by atoms with Crippen molar-refractivity contribution < 1.29 is 14.0 Å². The molecule has 0 aromatic heterocycles. The fourth-order valence-electron chi connectivity index (χ4n) is 2.28. The van der Waals surface area contributed by atoms with E-state index in [1.54, 1.807) is 36.2 Å². The number of rotatable bonds is 7. The topological polar surface area (TPSA) is 85.2 Å². The number of amides is 2. The van der Waals surface area contributed by atoms with Crippen LogP contribution in [-0.4, -0.2) is 36.9 Å². The second-order valence-electron chi connectivity index (χ2n) is 5.70. The van der Waals surface area contributed by atoms with Gasteiger partial charge in [-0.15, -0.1) is 0 Å². The molecule has 0 bridgehead atoms. The maximum atomic E-state index is 13.0. The van der Waals surface area contributed by atoms with Gasteiger partial charge in [0.1, 0.15) is 5.82 Å². The maximum absolute atomic E-state index is 13.0. The van der Waals surface area contributed by atoms with Crippen LogP contribution in [0.2, 0.25) is 0 Å². The number of hydrogen-bond donors (Lipinski definition) is 2. The zero-order valence-corrected chi connectivity index (χ0v) is 14.3. The molecule has 0 aliphatic heterocycles. The lowest BCUT2D eigenvalue weighted by atomic mass is 10.1. The number of nitrogens with zero attached hydrogens (tertiary/aromatic N) is 2. The normalized spacial score (nSPS) is 10.2. The number of likely N-dealkylation sites (N-methyl/N-ethyl adjacent to an activating group) is 1. The second-order valence-corrected chi connectivity index (χ2v) is 5.70. The molecule has 2 aromatic rings. The van der Waals surface area contributed by atoms with Gasteiger partial charge in [-0.25, -0.2) is 4.39 Å². The van der Waals surface area contributed by atoms with Gasteiger partial charge in [-0.2, -0.15) is 5.26 Å². The Bertz CT molecular complexity index is 815. The number of nitriles is 1. The lowest BCUT2D eigenvalue weighted by Gasteiger charge is -2.16. The van der Waals surface area contributed by atoms with Gasteiger partial charge >= 0.3 is 0 Å². The summed E-state index contributed by atoms with van der Waals surface area (Å²) in [5.41, 5.74) is 1.13. The Hall–Kier alpha value is -3.24. The van der Waals surface area contributed by atoms with Gasteiger partial charge in [-0.1, -0.05) is 12.1 Å². The van der Waals surface area contributed by atoms with Crippen LogP contribution in [0.3, 0.4) is 0 Å². The molecule has 0 aliphatic rings. The number of para-hydroxylation sites is 1. The number of carbonyl (C=O) groups is 2. The average molecular weight is 354 g/mol. The van der Waals surface area contributed by atoms with Crippen LogP contribution in [0.4, 0.5) is 15.8 Å². The molecule has 0 unspecified atom stereocenters. The number of halogens is 1. The SMILES string of the molecule is CN(CCC#N)CC(=O)Nc1ccccc1C(=O)Nc1ccc(F)cc1. The van der Waals surface area contributed by atoms with Crippen molar-refractivity contribution in [3.63, 3.8) is 0 Å². The molecule has 2 rings (SSSR count). The number of benzene rings is 2. The molecule has 0 aliphatic carbocycles. The van der Waals surface area contributed by atoms with Crippen molar-refractivity contribution in [3.8, 4) is 6.07 Å². The molecular formula is C19H19FN4O2. The van der Waals surface area contributed by atoms with Gasteiger partial charge in [0.05, 0.1) is 23.9 Å². The minimum absolute atomic E-state index is 0.107. The molecule has 0 fully saturated rings. The van der Waals surface area contributed by atoms with E-state index in [2.05, 4.69) is 10.6 Å².